The first kappa shape index (κ1) is 16.6. The second-order valence-corrected chi connectivity index (χ2v) is 3.38. The van der Waals surface area contributed by atoms with Crippen molar-refractivity contribution in [2.24, 2.45) is 5.73 Å². The summed E-state index contributed by atoms with van der Waals surface area (Å²) in [4.78, 5) is 11.8. The molecule has 3 nitrogen and oxygen atoms in total. The predicted octanol–water partition coefficient (Wildman–Crippen LogP) is 2.97. The van der Waals surface area contributed by atoms with Crippen LogP contribution in [-0.4, -0.2) is 13.1 Å². The highest BCUT2D eigenvalue weighted by atomic mass is 32.1. The van der Waals surface area contributed by atoms with E-state index in [1.807, 2.05) is 31.4 Å². The van der Waals surface area contributed by atoms with E-state index in [9.17, 15) is 4.79 Å². The van der Waals surface area contributed by atoms with Gasteiger partial charge in [-0.2, -0.15) is 0 Å². The van der Waals surface area contributed by atoms with Crippen LogP contribution in [0.15, 0.2) is 17.5 Å². The third-order valence-electron chi connectivity index (χ3n) is 1.52. The maximum atomic E-state index is 10.8. The van der Waals surface area contributed by atoms with E-state index in [0.717, 1.165) is 4.88 Å². The summed E-state index contributed by atoms with van der Waals surface area (Å²) in [5.74, 6) is -0.268. The molecule has 1 atom stereocenters. The Morgan fingerprint density at radius 3 is 2.60 bits per heavy atom. The van der Waals surface area contributed by atoms with Gasteiger partial charge in [-0.1, -0.05) is 27.3 Å². The molecule has 0 bridgehead atoms. The van der Waals surface area contributed by atoms with Crippen molar-refractivity contribution in [3.8, 4) is 0 Å². The predicted molar refractivity (Wildman–Crippen MR) is 66.0 cm³/mol. The van der Waals surface area contributed by atoms with Gasteiger partial charge in [0.15, 0.2) is 0 Å². The van der Waals surface area contributed by atoms with Crippen LogP contribution in [-0.2, 0) is 9.53 Å². The van der Waals surface area contributed by atoms with Gasteiger partial charge in [0.1, 0.15) is 0 Å². The Balaban J connectivity index is 0. The van der Waals surface area contributed by atoms with E-state index < -0.39 is 0 Å². The standard InChI is InChI=1S/C8H11NO2S.C2H6.CH4/c1-11-8(10)5-6(9)7-3-2-4-12-7;1-2;/h2-4,6H,5,9H2,1H3;1-2H3;1H4. The van der Waals surface area contributed by atoms with Gasteiger partial charge in [-0.25, -0.2) is 0 Å². The highest BCUT2D eigenvalue weighted by Crippen LogP contribution is 2.19. The van der Waals surface area contributed by atoms with Gasteiger partial charge in [0.05, 0.1) is 13.5 Å². The van der Waals surface area contributed by atoms with E-state index in [0.29, 0.717) is 0 Å². The molecular weight excluding hydrogens is 210 g/mol. The van der Waals surface area contributed by atoms with Gasteiger partial charge in [-0.3, -0.25) is 4.79 Å². The number of methoxy groups -OCH3 is 1. The van der Waals surface area contributed by atoms with E-state index in [1.54, 1.807) is 11.3 Å². The second kappa shape index (κ2) is 9.68. The molecule has 15 heavy (non-hydrogen) atoms. The van der Waals surface area contributed by atoms with E-state index in [-0.39, 0.29) is 25.9 Å². The number of nitrogens with two attached hydrogens (primary N) is 1. The van der Waals surface area contributed by atoms with E-state index >= 15 is 0 Å². The van der Waals surface area contributed by atoms with Crippen molar-refractivity contribution in [1.29, 1.82) is 0 Å². The van der Waals surface area contributed by atoms with Crippen LogP contribution in [0.3, 0.4) is 0 Å². The van der Waals surface area contributed by atoms with Crippen LogP contribution in [0.5, 0.6) is 0 Å². The summed E-state index contributed by atoms with van der Waals surface area (Å²) in [6.45, 7) is 4.00. The minimum atomic E-state index is -0.268. The third kappa shape index (κ3) is 6.25. The molecule has 0 aliphatic rings. The van der Waals surface area contributed by atoms with Crippen LogP contribution in [0.1, 0.15) is 38.6 Å². The monoisotopic (exact) mass is 231 g/mol. The van der Waals surface area contributed by atoms with Crippen LogP contribution in [0.2, 0.25) is 0 Å². The first-order valence-corrected chi connectivity index (χ1v) is 5.48. The summed E-state index contributed by atoms with van der Waals surface area (Å²) >= 11 is 1.55. The Morgan fingerprint density at radius 1 is 1.60 bits per heavy atom. The minimum Gasteiger partial charge on any atom is -0.469 e. The molecule has 1 aromatic rings. The molecule has 1 unspecified atom stereocenters. The maximum absolute atomic E-state index is 10.8. The summed E-state index contributed by atoms with van der Waals surface area (Å²) in [5, 5.41) is 1.94. The SMILES string of the molecule is C.CC.COC(=O)CC(N)c1cccs1. The minimum absolute atomic E-state index is 0. The fourth-order valence-electron chi connectivity index (χ4n) is 0.866. The maximum Gasteiger partial charge on any atom is 0.307 e. The van der Waals surface area contributed by atoms with Gasteiger partial charge in [0.25, 0.3) is 0 Å². The fourth-order valence-corrected chi connectivity index (χ4v) is 1.60. The van der Waals surface area contributed by atoms with Crippen molar-refractivity contribution in [2.75, 3.05) is 7.11 Å². The van der Waals surface area contributed by atoms with Crippen molar-refractivity contribution < 1.29 is 9.53 Å². The van der Waals surface area contributed by atoms with Crippen molar-refractivity contribution in [3.05, 3.63) is 22.4 Å². The fraction of sp³-hybridized carbons (Fsp3) is 0.545. The first-order valence-electron chi connectivity index (χ1n) is 4.60. The zero-order valence-corrected chi connectivity index (χ0v) is 9.64. The molecule has 1 aromatic heterocycles. The van der Waals surface area contributed by atoms with E-state index in [1.165, 1.54) is 7.11 Å². The van der Waals surface area contributed by atoms with Crippen molar-refractivity contribution in [1.82, 2.24) is 0 Å². The number of hydrogen-bond acceptors (Lipinski definition) is 4. The van der Waals surface area contributed by atoms with Crippen LogP contribution < -0.4 is 5.73 Å². The number of hydrogen-bond donors (Lipinski definition) is 1. The molecule has 88 valence electrons. The zero-order valence-electron chi connectivity index (χ0n) is 8.82. The number of ether oxygens (including phenoxy) is 1. The quantitative estimate of drug-likeness (QED) is 0.814. The average molecular weight is 231 g/mol. The molecule has 0 fully saturated rings. The highest BCUT2D eigenvalue weighted by molar-refractivity contribution is 7.10. The lowest BCUT2D eigenvalue weighted by atomic mass is 10.2. The Hall–Kier alpha value is -0.870. The Bertz CT molecular complexity index is 247. The lowest BCUT2D eigenvalue weighted by Crippen LogP contribution is -2.14. The topological polar surface area (TPSA) is 52.3 Å². The Morgan fingerprint density at radius 2 is 2.20 bits per heavy atom. The molecule has 0 spiro atoms. The normalized spacial score (nSPS) is 10.4. The molecule has 0 aromatic carbocycles. The summed E-state index contributed by atoms with van der Waals surface area (Å²) < 4.78 is 4.50. The Labute approximate surface area is 96.3 Å². The van der Waals surface area contributed by atoms with Gasteiger partial charge in [-0.05, 0) is 11.4 Å². The first-order chi connectivity index (χ1) is 6.74. The second-order valence-electron chi connectivity index (χ2n) is 2.40. The molecule has 4 heteroatoms. The lowest BCUT2D eigenvalue weighted by molar-refractivity contribution is -0.141. The molecule has 0 saturated heterocycles. The van der Waals surface area contributed by atoms with Gasteiger partial charge >= 0.3 is 5.97 Å². The number of carbonyl (C=O) groups is 1. The summed E-state index contributed by atoms with van der Waals surface area (Å²) in [6, 6.07) is 3.60. The molecule has 2 N–H and O–H groups in total. The third-order valence-corrected chi connectivity index (χ3v) is 2.53. The van der Waals surface area contributed by atoms with Crippen molar-refractivity contribution in [2.45, 2.75) is 33.7 Å². The summed E-state index contributed by atoms with van der Waals surface area (Å²) in [6.07, 6.45) is 0.247. The summed E-state index contributed by atoms with van der Waals surface area (Å²) in [5.41, 5.74) is 5.73. The molecule has 0 radical (unpaired) electrons. The van der Waals surface area contributed by atoms with Crippen molar-refractivity contribution in [3.63, 3.8) is 0 Å². The molecule has 0 saturated carbocycles. The van der Waals surface area contributed by atoms with Gasteiger partial charge in [0, 0.05) is 10.9 Å². The zero-order chi connectivity index (χ0) is 11.0. The van der Waals surface area contributed by atoms with Crippen LogP contribution >= 0.6 is 11.3 Å². The Kier molecular flexibility index (Phi) is 10.7. The molecule has 0 amide bonds. The highest BCUT2D eigenvalue weighted by Gasteiger charge is 2.11. The van der Waals surface area contributed by atoms with Gasteiger partial charge < -0.3 is 10.5 Å². The molecule has 0 aliphatic carbocycles. The van der Waals surface area contributed by atoms with Crippen LogP contribution in [0.4, 0.5) is 0 Å². The van der Waals surface area contributed by atoms with E-state index in [2.05, 4.69) is 4.74 Å². The molecule has 1 rings (SSSR count). The van der Waals surface area contributed by atoms with Gasteiger partial charge in [-0.15, -0.1) is 11.3 Å². The summed E-state index contributed by atoms with van der Waals surface area (Å²) in [7, 11) is 1.36. The number of rotatable bonds is 3. The number of thiophene rings is 1. The van der Waals surface area contributed by atoms with Crippen molar-refractivity contribution >= 4 is 17.3 Å². The van der Waals surface area contributed by atoms with Crippen LogP contribution in [0.25, 0.3) is 0 Å². The number of esters is 1. The lowest BCUT2D eigenvalue weighted by Gasteiger charge is -2.06. The van der Waals surface area contributed by atoms with Crippen LogP contribution in [0, 0.1) is 0 Å². The number of carbonyl (C=O) groups excluding carboxylic acids is 1. The molecular formula is C11H21NO2S. The molecule has 0 aliphatic heterocycles. The molecule has 1 heterocycles. The van der Waals surface area contributed by atoms with Gasteiger partial charge in [0.2, 0.25) is 0 Å². The smallest absolute Gasteiger partial charge is 0.307 e. The largest absolute Gasteiger partial charge is 0.469 e. The van der Waals surface area contributed by atoms with E-state index in [4.69, 9.17) is 5.73 Å². The average Bonchev–Trinajstić information content (AvgIpc) is 2.73.